The van der Waals surface area contributed by atoms with Gasteiger partial charge in [-0.3, -0.25) is 4.79 Å². The summed E-state index contributed by atoms with van der Waals surface area (Å²) in [5.74, 6) is 4.80. The van der Waals surface area contributed by atoms with Crippen LogP contribution in [0.25, 0.3) is 0 Å². The van der Waals surface area contributed by atoms with E-state index >= 15 is 0 Å². The van der Waals surface area contributed by atoms with Crippen LogP contribution in [0.4, 0.5) is 0 Å². The number of ether oxygens (including phenoxy) is 1. The van der Waals surface area contributed by atoms with Gasteiger partial charge < -0.3 is 10.1 Å². The average molecular weight is 332 g/mol. The van der Waals surface area contributed by atoms with E-state index in [1.807, 2.05) is 0 Å². The summed E-state index contributed by atoms with van der Waals surface area (Å²) in [6, 6.07) is 6.16. The average Bonchev–Trinajstić information content (AvgIpc) is 2.41. The molecule has 0 radical (unpaired) electrons. The summed E-state index contributed by atoms with van der Waals surface area (Å²) < 4.78 is 5.05. The summed E-state index contributed by atoms with van der Waals surface area (Å²) in [6.07, 6.45) is -1.12. The minimum atomic E-state index is -1.12. The van der Waals surface area contributed by atoms with Crippen LogP contribution in [0.5, 0.6) is 0 Å². The van der Waals surface area contributed by atoms with Crippen molar-refractivity contribution in [2.24, 2.45) is 0 Å². The molecule has 0 heterocycles. The second kappa shape index (κ2) is 8.68. The Kier molecular flexibility index (Phi) is 7.22. The van der Waals surface area contributed by atoms with E-state index in [4.69, 9.17) is 44.8 Å². The maximum atomic E-state index is 11.9. The van der Waals surface area contributed by atoms with E-state index in [0.29, 0.717) is 10.0 Å². The van der Waals surface area contributed by atoms with Crippen molar-refractivity contribution in [1.82, 2.24) is 5.32 Å². The molecule has 0 aliphatic carbocycles. The predicted octanol–water partition coefficient (Wildman–Crippen LogP) is 2.83. The Balaban J connectivity index is 2.65. The van der Waals surface area contributed by atoms with Gasteiger partial charge in [-0.15, -0.1) is 11.6 Å². The zero-order chi connectivity index (χ0) is 15.0. The molecule has 0 aromatic heterocycles. The monoisotopic (exact) mass is 330 g/mol. The molecule has 1 unspecified atom stereocenters. The van der Waals surface area contributed by atoms with Crippen LogP contribution in [0.2, 0.25) is 10.0 Å². The normalized spacial score (nSPS) is 10.9. The van der Waals surface area contributed by atoms with Gasteiger partial charge in [-0.2, -0.15) is 5.26 Å². The highest BCUT2D eigenvalue weighted by Gasteiger charge is 2.14. The number of halogens is 3. The molecule has 1 N–H and O–H groups in total. The van der Waals surface area contributed by atoms with Crippen LogP contribution in [-0.2, 0) is 4.74 Å². The van der Waals surface area contributed by atoms with E-state index in [0.717, 1.165) is 0 Å². The van der Waals surface area contributed by atoms with Gasteiger partial charge in [0.2, 0.25) is 6.23 Å². The predicted molar refractivity (Wildman–Crippen MR) is 77.8 cm³/mol. The number of carbonyl (C=O) groups is 1. The molecule has 1 amide bonds. The van der Waals surface area contributed by atoms with Crippen LogP contribution in [0.1, 0.15) is 10.4 Å². The van der Waals surface area contributed by atoms with Gasteiger partial charge in [-0.25, -0.2) is 0 Å². The number of hydrogen-bond acceptors (Lipinski definition) is 3. The Morgan fingerprint density at radius 2 is 1.95 bits per heavy atom. The molecule has 1 aromatic carbocycles. The Morgan fingerprint density at radius 1 is 1.30 bits per heavy atom. The summed E-state index contributed by atoms with van der Waals surface area (Å²) >= 11 is 16.9. The summed E-state index contributed by atoms with van der Waals surface area (Å²) in [5, 5.41) is 11.9. The van der Waals surface area contributed by atoms with Crippen LogP contribution in [0.3, 0.4) is 0 Å². The fraction of sp³-hybridized carbons (Fsp3) is 0.231. The summed E-state index contributed by atoms with van der Waals surface area (Å²) in [6.45, 7) is -0.0124. The van der Waals surface area contributed by atoms with Crippen LogP contribution in [0, 0.1) is 23.2 Å². The van der Waals surface area contributed by atoms with Crippen LogP contribution in [0.15, 0.2) is 18.2 Å². The number of nitriles is 1. The van der Waals surface area contributed by atoms with E-state index < -0.39 is 12.1 Å². The van der Waals surface area contributed by atoms with E-state index in [2.05, 4.69) is 17.2 Å². The molecule has 1 aromatic rings. The third-order valence-electron chi connectivity index (χ3n) is 2.02. The molecular formula is C13H9Cl3N2O2. The maximum Gasteiger partial charge on any atom is 0.254 e. The fourth-order valence-electron chi connectivity index (χ4n) is 1.22. The Labute approximate surface area is 131 Å². The molecule has 20 heavy (non-hydrogen) atoms. The zero-order valence-corrected chi connectivity index (χ0v) is 12.4. The highest BCUT2D eigenvalue weighted by Crippen LogP contribution is 2.19. The van der Waals surface area contributed by atoms with Gasteiger partial charge in [-0.05, 0) is 18.2 Å². The molecule has 1 atom stereocenters. The smallest absolute Gasteiger partial charge is 0.254 e. The van der Waals surface area contributed by atoms with Gasteiger partial charge >= 0.3 is 0 Å². The van der Waals surface area contributed by atoms with Crippen molar-refractivity contribution in [2.45, 2.75) is 6.23 Å². The SMILES string of the molecule is N#CC(NC(=O)c1cc(Cl)cc(Cl)c1)OCC#CCCl. The first-order chi connectivity index (χ1) is 9.56. The summed E-state index contributed by atoms with van der Waals surface area (Å²) in [4.78, 5) is 11.9. The van der Waals surface area contributed by atoms with E-state index in [1.54, 1.807) is 6.07 Å². The third kappa shape index (κ3) is 5.69. The standard InChI is InChI=1S/C13H9Cl3N2O2/c14-3-1-2-4-20-12(8-17)18-13(19)9-5-10(15)7-11(16)6-9/h5-7,12H,3-4H2,(H,18,19). The number of amides is 1. The van der Waals surface area contributed by atoms with Gasteiger partial charge in [0.05, 0.1) is 5.88 Å². The van der Waals surface area contributed by atoms with Gasteiger partial charge in [0.15, 0.2) is 0 Å². The lowest BCUT2D eigenvalue weighted by Gasteiger charge is -2.11. The Hall–Kier alpha value is -1.43. The van der Waals surface area contributed by atoms with Crippen molar-refractivity contribution in [2.75, 3.05) is 12.5 Å². The second-order valence-electron chi connectivity index (χ2n) is 3.44. The lowest BCUT2D eigenvalue weighted by molar-refractivity contribution is 0.0685. The Morgan fingerprint density at radius 3 is 2.50 bits per heavy atom. The van der Waals surface area contributed by atoms with Crippen molar-refractivity contribution >= 4 is 40.7 Å². The molecule has 1 rings (SSSR count). The highest BCUT2D eigenvalue weighted by molar-refractivity contribution is 6.35. The number of nitrogens with zero attached hydrogens (tertiary/aromatic N) is 1. The number of carbonyl (C=O) groups excluding carboxylic acids is 1. The van der Waals surface area contributed by atoms with E-state index in [1.165, 1.54) is 18.2 Å². The topological polar surface area (TPSA) is 62.1 Å². The zero-order valence-electron chi connectivity index (χ0n) is 10.1. The summed E-state index contributed by atoms with van der Waals surface area (Å²) in [5.41, 5.74) is 0.234. The van der Waals surface area contributed by atoms with Crippen LogP contribution in [-0.4, -0.2) is 24.6 Å². The first kappa shape index (κ1) is 16.6. The number of rotatable bonds is 4. The highest BCUT2D eigenvalue weighted by atomic mass is 35.5. The number of hydrogen-bond donors (Lipinski definition) is 1. The van der Waals surface area contributed by atoms with E-state index in [-0.39, 0.29) is 18.1 Å². The molecule has 0 saturated heterocycles. The fourth-order valence-corrected chi connectivity index (χ4v) is 1.84. The largest absolute Gasteiger partial charge is 0.332 e. The molecular weight excluding hydrogens is 323 g/mol. The van der Waals surface area contributed by atoms with Crippen molar-refractivity contribution in [1.29, 1.82) is 5.26 Å². The minimum absolute atomic E-state index is 0.0124. The Bertz CT molecular complexity index is 567. The van der Waals surface area contributed by atoms with Crippen molar-refractivity contribution < 1.29 is 9.53 Å². The molecule has 4 nitrogen and oxygen atoms in total. The number of benzene rings is 1. The first-order valence-corrected chi connectivity index (χ1v) is 6.65. The van der Waals surface area contributed by atoms with E-state index in [9.17, 15) is 4.79 Å². The minimum Gasteiger partial charge on any atom is -0.332 e. The van der Waals surface area contributed by atoms with Crippen molar-refractivity contribution in [3.05, 3.63) is 33.8 Å². The van der Waals surface area contributed by atoms with Crippen LogP contribution >= 0.6 is 34.8 Å². The third-order valence-corrected chi connectivity index (χ3v) is 2.59. The number of nitrogens with one attached hydrogen (secondary N) is 1. The second-order valence-corrected chi connectivity index (χ2v) is 4.58. The number of alkyl halides is 1. The van der Waals surface area contributed by atoms with Gasteiger partial charge in [0.25, 0.3) is 5.91 Å². The van der Waals surface area contributed by atoms with Gasteiger partial charge in [0.1, 0.15) is 12.7 Å². The molecule has 0 fully saturated rings. The van der Waals surface area contributed by atoms with Crippen LogP contribution < -0.4 is 5.32 Å². The van der Waals surface area contributed by atoms with Gasteiger partial charge in [0, 0.05) is 15.6 Å². The quantitative estimate of drug-likeness (QED) is 0.524. The molecule has 0 aliphatic heterocycles. The molecule has 7 heteroatoms. The van der Waals surface area contributed by atoms with Crippen molar-refractivity contribution in [3.8, 4) is 17.9 Å². The molecule has 0 saturated carbocycles. The molecule has 0 bridgehead atoms. The van der Waals surface area contributed by atoms with Crippen molar-refractivity contribution in [3.63, 3.8) is 0 Å². The molecule has 0 spiro atoms. The van der Waals surface area contributed by atoms with Gasteiger partial charge in [-0.1, -0.05) is 35.0 Å². The molecule has 0 aliphatic rings. The summed E-state index contributed by atoms with van der Waals surface area (Å²) in [7, 11) is 0. The first-order valence-electron chi connectivity index (χ1n) is 5.36. The lowest BCUT2D eigenvalue weighted by Crippen LogP contribution is -2.36. The lowest BCUT2D eigenvalue weighted by atomic mass is 10.2. The molecule has 104 valence electrons. The maximum absolute atomic E-state index is 11.9.